The van der Waals surface area contributed by atoms with Crippen LogP contribution in [0.2, 0.25) is 0 Å². The number of carbonyl (C=O) groups excluding carboxylic acids is 2. The van der Waals surface area contributed by atoms with Gasteiger partial charge in [0, 0.05) is 30.5 Å². The molecular formula is C20H32N2O4. The Morgan fingerprint density at radius 3 is 2.12 bits per heavy atom. The minimum absolute atomic E-state index is 0.0174. The van der Waals surface area contributed by atoms with Gasteiger partial charge < -0.3 is 15.3 Å². The molecule has 0 aromatic carbocycles. The second kappa shape index (κ2) is 8.40. The van der Waals surface area contributed by atoms with Gasteiger partial charge in [-0.1, -0.05) is 19.8 Å². The first-order valence-corrected chi connectivity index (χ1v) is 10.3. The zero-order valence-electron chi connectivity index (χ0n) is 15.8. The van der Waals surface area contributed by atoms with Crippen LogP contribution in [-0.2, 0) is 14.4 Å². The minimum Gasteiger partial charge on any atom is -0.481 e. The molecule has 1 atom stereocenters. The molecule has 2 amide bonds. The van der Waals surface area contributed by atoms with E-state index in [1.54, 1.807) is 6.92 Å². The molecule has 2 N–H and O–H groups in total. The summed E-state index contributed by atoms with van der Waals surface area (Å²) in [6.07, 6.45) is 9.60. The smallest absolute Gasteiger partial charge is 0.308 e. The highest BCUT2D eigenvalue weighted by Crippen LogP contribution is 2.33. The third kappa shape index (κ3) is 4.77. The Morgan fingerprint density at radius 2 is 1.58 bits per heavy atom. The summed E-state index contributed by atoms with van der Waals surface area (Å²) in [5, 5.41) is 12.3. The van der Waals surface area contributed by atoms with Crippen molar-refractivity contribution in [3.05, 3.63) is 0 Å². The fraction of sp³-hybridized carbons (Fsp3) is 0.850. The number of rotatable bonds is 7. The van der Waals surface area contributed by atoms with Gasteiger partial charge in [-0.15, -0.1) is 0 Å². The highest BCUT2D eigenvalue weighted by molar-refractivity contribution is 5.81. The molecule has 146 valence electrons. The van der Waals surface area contributed by atoms with Crippen LogP contribution in [0.25, 0.3) is 0 Å². The second-order valence-electron chi connectivity index (χ2n) is 8.50. The van der Waals surface area contributed by atoms with E-state index in [0.717, 1.165) is 64.2 Å². The first kappa shape index (κ1) is 19.2. The van der Waals surface area contributed by atoms with Crippen molar-refractivity contribution in [3.63, 3.8) is 0 Å². The number of nitrogens with zero attached hydrogens (tertiary/aromatic N) is 1. The standard InChI is InChI=1S/C20H32N2O4/c1-13(20(25)26)12-22(17-10-11-17)19(24)15-6-8-16(9-7-15)21-18(23)14-4-2-3-5-14/h13-17H,2-12H2,1H3,(H,21,23)(H,25,26). The molecule has 0 aromatic rings. The molecule has 6 heteroatoms. The number of amides is 2. The van der Waals surface area contributed by atoms with E-state index in [0.29, 0.717) is 6.54 Å². The van der Waals surface area contributed by atoms with Crippen LogP contribution in [0.15, 0.2) is 0 Å². The van der Waals surface area contributed by atoms with Crippen LogP contribution < -0.4 is 5.32 Å². The molecule has 3 aliphatic carbocycles. The molecule has 1 unspecified atom stereocenters. The van der Waals surface area contributed by atoms with Gasteiger partial charge in [-0.25, -0.2) is 0 Å². The van der Waals surface area contributed by atoms with Crippen molar-refractivity contribution in [1.29, 1.82) is 0 Å². The molecule has 3 saturated carbocycles. The molecule has 0 radical (unpaired) electrons. The summed E-state index contributed by atoms with van der Waals surface area (Å²) in [5.41, 5.74) is 0. The van der Waals surface area contributed by atoms with Crippen LogP contribution in [-0.4, -0.2) is 46.4 Å². The Balaban J connectivity index is 1.47. The molecule has 3 fully saturated rings. The Hall–Kier alpha value is -1.59. The molecule has 3 aliphatic rings. The molecule has 26 heavy (non-hydrogen) atoms. The Morgan fingerprint density at radius 1 is 0.962 bits per heavy atom. The minimum atomic E-state index is -0.846. The van der Waals surface area contributed by atoms with E-state index in [2.05, 4.69) is 5.32 Å². The van der Waals surface area contributed by atoms with Crippen LogP contribution >= 0.6 is 0 Å². The number of aliphatic carboxylic acids is 1. The van der Waals surface area contributed by atoms with E-state index in [9.17, 15) is 14.4 Å². The lowest BCUT2D eigenvalue weighted by atomic mass is 9.84. The highest BCUT2D eigenvalue weighted by Gasteiger charge is 2.38. The predicted molar refractivity (Wildman–Crippen MR) is 97.4 cm³/mol. The van der Waals surface area contributed by atoms with Gasteiger partial charge in [0.25, 0.3) is 0 Å². The van der Waals surface area contributed by atoms with Crippen LogP contribution in [0, 0.1) is 17.8 Å². The Labute approximate surface area is 155 Å². The molecule has 0 aliphatic heterocycles. The van der Waals surface area contributed by atoms with Gasteiger partial charge in [0.05, 0.1) is 5.92 Å². The lowest BCUT2D eigenvalue weighted by Gasteiger charge is -2.33. The molecule has 6 nitrogen and oxygen atoms in total. The molecule has 3 rings (SSSR count). The van der Waals surface area contributed by atoms with Gasteiger partial charge in [-0.05, 0) is 51.4 Å². The Bertz CT molecular complexity index is 532. The van der Waals surface area contributed by atoms with Crippen LogP contribution in [0.1, 0.15) is 71.1 Å². The topological polar surface area (TPSA) is 86.7 Å². The zero-order chi connectivity index (χ0) is 18.7. The van der Waals surface area contributed by atoms with Crippen LogP contribution in [0.3, 0.4) is 0 Å². The van der Waals surface area contributed by atoms with Crippen LogP contribution in [0.5, 0.6) is 0 Å². The van der Waals surface area contributed by atoms with Gasteiger partial charge in [0.15, 0.2) is 0 Å². The maximum Gasteiger partial charge on any atom is 0.308 e. The fourth-order valence-electron chi connectivity index (χ4n) is 4.40. The third-order valence-corrected chi connectivity index (χ3v) is 6.31. The molecule has 0 saturated heterocycles. The molecular weight excluding hydrogens is 332 g/mol. The van der Waals surface area contributed by atoms with Crippen molar-refractivity contribution >= 4 is 17.8 Å². The molecule has 0 bridgehead atoms. The predicted octanol–water partition coefficient (Wildman–Crippen LogP) is 2.56. The van der Waals surface area contributed by atoms with E-state index in [1.807, 2.05) is 4.90 Å². The van der Waals surface area contributed by atoms with E-state index in [-0.39, 0.29) is 35.7 Å². The van der Waals surface area contributed by atoms with Crippen molar-refractivity contribution in [2.75, 3.05) is 6.54 Å². The lowest BCUT2D eigenvalue weighted by Crippen LogP contribution is -2.45. The maximum absolute atomic E-state index is 12.9. The Kier molecular flexibility index (Phi) is 6.20. The van der Waals surface area contributed by atoms with E-state index in [1.165, 1.54) is 0 Å². The van der Waals surface area contributed by atoms with Gasteiger partial charge in [0.2, 0.25) is 11.8 Å². The number of carboxylic acid groups (broad SMARTS) is 1. The van der Waals surface area contributed by atoms with Gasteiger partial charge in [0.1, 0.15) is 0 Å². The summed E-state index contributed by atoms with van der Waals surface area (Å²) in [7, 11) is 0. The van der Waals surface area contributed by atoms with Gasteiger partial charge >= 0.3 is 5.97 Å². The second-order valence-corrected chi connectivity index (χ2v) is 8.50. The fourth-order valence-corrected chi connectivity index (χ4v) is 4.40. The molecule has 0 aromatic heterocycles. The summed E-state index contributed by atoms with van der Waals surface area (Å²) < 4.78 is 0. The summed E-state index contributed by atoms with van der Waals surface area (Å²) in [6.45, 7) is 1.98. The zero-order valence-corrected chi connectivity index (χ0v) is 15.8. The first-order chi connectivity index (χ1) is 12.5. The average Bonchev–Trinajstić information content (AvgIpc) is 3.31. The number of carboxylic acids is 1. The molecule has 0 heterocycles. The quantitative estimate of drug-likeness (QED) is 0.727. The maximum atomic E-state index is 12.9. The highest BCUT2D eigenvalue weighted by atomic mass is 16.4. The van der Waals surface area contributed by atoms with Crippen LogP contribution in [0.4, 0.5) is 0 Å². The van der Waals surface area contributed by atoms with Gasteiger partial charge in [-0.3, -0.25) is 14.4 Å². The van der Waals surface area contributed by atoms with Crippen molar-refractivity contribution < 1.29 is 19.5 Å². The van der Waals surface area contributed by atoms with Crippen molar-refractivity contribution in [3.8, 4) is 0 Å². The van der Waals surface area contributed by atoms with Crippen molar-refractivity contribution in [2.24, 2.45) is 17.8 Å². The number of carbonyl (C=O) groups is 3. The number of nitrogens with one attached hydrogen (secondary N) is 1. The van der Waals surface area contributed by atoms with E-state index < -0.39 is 11.9 Å². The SMILES string of the molecule is CC(CN(C(=O)C1CCC(NC(=O)C2CCCC2)CC1)C1CC1)C(=O)O. The number of hydrogen-bond acceptors (Lipinski definition) is 3. The summed E-state index contributed by atoms with van der Waals surface area (Å²) in [5.74, 6) is -0.870. The summed E-state index contributed by atoms with van der Waals surface area (Å²) in [6, 6.07) is 0.434. The first-order valence-electron chi connectivity index (χ1n) is 10.3. The van der Waals surface area contributed by atoms with Gasteiger partial charge in [-0.2, -0.15) is 0 Å². The van der Waals surface area contributed by atoms with E-state index >= 15 is 0 Å². The monoisotopic (exact) mass is 364 g/mol. The van der Waals surface area contributed by atoms with Crippen molar-refractivity contribution in [1.82, 2.24) is 10.2 Å². The van der Waals surface area contributed by atoms with Crippen molar-refractivity contribution in [2.45, 2.75) is 83.2 Å². The van der Waals surface area contributed by atoms with E-state index in [4.69, 9.17) is 5.11 Å². The summed E-state index contributed by atoms with van der Waals surface area (Å²) >= 11 is 0. The summed E-state index contributed by atoms with van der Waals surface area (Å²) in [4.78, 5) is 38.2. The normalized spacial score (nSPS) is 27.7. The lowest BCUT2D eigenvalue weighted by molar-refractivity contribution is -0.144. The average molecular weight is 364 g/mol. The largest absolute Gasteiger partial charge is 0.481 e. The number of hydrogen-bond donors (Lipinski definition) is 2. The third-order valence-electron chi connectivity index (χ3n) is 6.31. The molecule has 0 spiro atoms.